The smallest absolute Gasteiger partial charge is 0.203 e. The van der Waals surface area contributed by atoms with Crippen LogP contribution >= 0.6 is 0 Å². The largest absolute Gasteiger partial charge is 0.491 e. The lowest BCUT2D eigenvalue weighted by atomic mass is 10.1. The van der Waals surface area contributed by atoms with Crippen LogP contribution in [0, 0.1) is 5.92 Å². The topological polar surface area (TPSA) is 44.8 Å². The van der Waals surface area contributed by atoms with E-state index < -0.39 is 0 Å². The van der Waals surface area contributed by atoms with Crippen molar-refractivity contribution in [2.45, 2.75) is 20.3 Å². The van der Waals surface area contributed by atoms with Gasteiger partial charge in [-0.1, -0.05) is 13.8 Å². The minimum absolute atomic E-state index is 0.0265. The highest BCUT2D eigenvalue weighted by molar-refractivity contribution is 6.02. The van der Waals surface area contributed by atoms with Crippen molar-refractivity contribution in [2.75, 3.05) is 26.4 Å². The number of Topliss-reactive ketones (excluding diaryl/α,β-unsaturated/α-hetero) is 1. The van der Waals surface area contributed by atoms with E-state index in [4.69, 9.17) is 14.2 Å². The first kappa shape index (κ1) is 13.9. The molecule has 0 atom stereocenters. The lowest BCUT2D eigenvalue weighted by Crippen LogP contribution is -2.08. The maximum Gasteiger partial charge on any atom is 0.203 e. The van der Waals surface area contributed by atoms with Gasteiger partial charge in [-0.25, -0.2) is 0 Å². The standard InChI is InChI=1S/C15H20O4/c1-11(2)5-6-17-7-8-18-12-3-4-13-14(16)10-19-15(13)9-12/h3-4,9,11H,5-8,10H2,1-2H3. The van der Waals surface area contributed by atoms with Crippen LogP contribution in [0.4, 0.5) is 0 Å². The third kappa shape index (κ3) is 3.96. The first-order valence-electron chi connectivity index (χ1n) is 6.67. The Labute approximate surface area is 113 Å². The zero-order valence-corrected chi connectivity index (χ0v) is 11.5. The minimum atomic E-state index is 0.0265. The average molecular weight is 264 g/mol. The summed E-state index contributed by atoms with van der Waals surface area (Å²) < 4.78 is 16.3. The molecule has 1 aromatic carbocycles. The van der Waals surface area contributed by atoms with Crippen molar-refractivity contribution in [2.24, 2.45) is 5.92 Å². The number of ketones is 1. The van der Waals surface area contributed by atoms with Gasteiger partial charge in [-0.15, -0.1) is 0 Å². The molecule has 1 aliphatic rings. The van der Waals surface area contributed by atoms with E-state index in [0.29, 0.717) is 36.2 Å². The Morgan fingerprint density at radius 3 is 2.89 bits per heavy atom. The quantitative estimate of drug-likeness (QED) is 0.710. The van der Waals surface area contributed by atoms with Crippen molar-refractivity contribution >= 4 is 5.78 Å². The van der Waals surface area contributed by atoms with Gasteiger partial charge in [0.2, 0.25) is 5.78 Å². The second kappa shape index (κ2) is 6.57. The number of hydrogen-bond acceptors (Lipinski definition) is 4. The number of carbonyl (C=O) groups is 1. The molecule has 0 amide bonds. The molecule has 0 radical (unpaired) electrons. The second-order valence-electron chi connectivity index (χ2n) is 5.01. The van der Waals surface area contributed by atoms with Gasteiger partial charge in [-0.2, -0.15) is 0 Å². The van der Waals surface area contributed by atoms with E-state index in [0.717, 1.165) is 13.0 Å². The van der Waals surface area contributed by atoms with Crippen LogP contribution in [0.2, 0.25) is 0 Å². The van der Waals surface area contributed by atoms with Gasteiger partial charge in [-0.05, 0) is 24.5 Å². The van der Waals surface area contributed by atoms with Crippen molar-refractivity contribution in [3.05, 3.63) is 23.8 Å². The Morgan fingerprint density at radius 2 is 2.11 bits per heavy atom. The summed E-state index contributed by atoms with van der Waals surface area (Å²) in [5, 5.41) is 0. The predicted octanol–water partition coefficient (Wildman–Crippen LogP) is 2.70. The predicted molar refractivity (Wildman–Crippen MR) is 72.0 cm³/mol. The Kier molecular flexibility index (Phi) is 4.80. The minimum Gasteiger partial charge on any atom is -0.491 e. The molecule has 0 aliphatic carbocycles. The molecule has 4 heteroatoms. The van der Waals surface area contributed by atoms with Crippen LogP contribution in [0.25, 0.3) is 0 Å². The van der Waals surface area contributed by atoms with E-state index in [1.165, 1.54) is 0 Å². The summed E-state index contributed by atoms with van der Waals surface area (Å²) in [5.41, 5.74) is 0.639. The average Bonchev–Trinajstić information content (AvgIpc) is 2.75. The molecule has 1 aromatic rings. The van der Waals surface area contributed by atoms with Crippen LogP contribution in [0.15, 0.2) is 18.2 Å². The molecule has 0 saturated heterocycles. The highest BCUT2D eigenvalue weighted by Crippen LogP contribution is 2.29. The molecule has 0 aromatic heterocycles. The zero-order chi connectivity index (χ0) is 13.7. The number of rotatable bonds is 7. The molecular formula is C15H20O4. The van der Waals surface area contributed by atoms with E-state index in [2.05, 4.69) is 13.8 Å². The van der Waals surface area contributed by atoms with Crippen LogP contribution in [-0.2, 0) is 4.74 Å². The monoisotopic (exact) mass is 264 g/mol. The zero-order valence-electron chi connectivity index (χ0n) is 11.5. The summed E-state index contributed by atoms with van der Waals surface area (Å²) in [6, 6.07) is 5.30. The normalized spacial score (nSPS) is 13.5. The van der Waals surface area contributed by atoms with Crippen molar-refractivity contribution in [3.8, 4) is 11.5 Å². The van der Waals surface area contributed by atoms with E-state index in [9.17, 15) is 4.79 Å². The van der Waals surface area contributed by atoms with Gasteiger partial charge >= 0.3 is 0 Å². The van der Waals surface area contributed by atoms with E-state index in [1.807, 2.05) is 0 Å². The molecule has 104 valence electrons. The number of benzene rings is 1. The maximum absolute atomic E-state index is 11.4. The van der Waals surface area contributed by atoms with Crippen LogP contribution in [0.5, 0.6) is 11.5 Å². The Morgan fingerprint density at radius 1 is 1.26 bits per heavy atom. The maximum atomic E-state index is 11.4. The molecular weight excluding hydrogens is 244 g/mol. The fourth-order valence-electron chi connectivity index (χ4n) is 1.80. The summed E-state index contributed by atoms with van der Waals surface area (Å²) in [6.45, 7) is 6.33. The highest BCUT2D eigenvalue weighted by atomic mass is 16.5. The summed E-state index contributed by atoms with van der Waals surface area (Å²) in [4.78, 5) is 11.4. The van der Waals surface area contributed by atoms with Crippen molar-refractivity contribution in [1.29, 1.82) is 0 Å². The molecule has 1 heterocycles. The lowest BCUT2D eigenvalue weighted by molar-refractivity contribution is 0.0925. The molecule has 1 aliphatic heterocycles. The number of ether oxygens (including phenoxy) is 3. The summed E-state index contributed by atoms with van der Waals surface area (Å²) in [6.07, 6.45) is 1.06. The van der Waals surface area contributed by atoms with Crippen molar-refractivity contribution in [1.82, 2.24) is 0 Å². The summed E-state index contributed by atoms with van der Waals surface area (Å²) >= 11 is 0. The first-order chi connectivity index (χ1) is 9.16. The number of hydrogen-bond donors (Lipinski definition) is 0. The van der Waals surface area contributed by atoms with E-state index in [1.54, 1.807) is 18.2 Å². The van der Waals surface area contributed by atoms with Crippen LogP contribution in [0.3, 0.4) is 0 Å². The van der Waals surface area contributed by atoms with Gasteiger partial charge in [0, 0.05) is 12.7 Å². The van der Waals surface area contributed by atoms with Crippen molar-refractivity contribution in [3.63, 3.8) is 0 Å². The van der Waals surface area contributed by atoms with Gasteiger partial charge in [0.15, 0.2) is 6.61 Å². The number of fused-ring (bicyclic) bond motifs is 1. The molecule has 0 bridgehead atoms. The van der Waals surface area contributed by atoms with Gasteiger partial charge in [-0.3, -0.25) is 4.79 Å². The van der Waals surface area contributed by atoms with Gasteiger partial charge < -0.3 is 14.2 Å². The molecule has 0 fully saturated rings. The number of carbonyl (C=O) groups excluding carboxylic acids is 1. The van der Waals surface area contributed by atoms with Gasteiger partial charge in [0.25, 0.3) is 0 Å². The Bertz CT molecular complexity index is 440. The SMILES string of the molecule is CC(C)CCOCCOc1ccc2c(c1)OCC2=O. The molecule has 0 saturated carbocycles. The van der Waals surface area contributed by atoms with Gasteiger partial charge in [0.05, 0.1) is 12.2 Å². The Hall–Kier alpha value is -1.55. The third-order valence-electron chi connectivity index (χ3n) is 2.95. The molecule has 4 nitrogen and oxygen atoms in total. The Balaban J connectivity index is 1.71. The molecule has 2 rings (SSSR count). The lowest BCUT2D eigenvalue weighted by Gasteiger charge is -2.09. The van der Waals surface area contributed by atoms with Crippen LogP contribution in [-0.4, -0.2) is 32.2 Å². The summed E-state index contributed by atoms with van der Waals surface area (Å²) in [7, 11) is 0. The van der Waals surface area contributed by atoms with E-state index >= 15 is 0 Å². The summed E-state index contributed by atoms with van der Waals surface area (Å²) in [5.74, 6) is 2.01. The fraction of sp³-hybridized carbons (Fsp3) is 0.533. The molecule has 0 N–H and O–H groups in total. The highest BCUT2D eigenvalue weighted by Gasteiger charge is 2.21. The van der Waals surface area contributed by atoms with E-state index in [-0.39, 0.29) is 12.4 Å². The fourth-order valence-corrected chi connectivity index (χ4v) is 1.80. The first-order valence-corrected chi connectivity index (χ1v) is 6.67. The molecule has 0 spiro atoms. The van der Waals surface area contributed by atoms with Crippen LogP contribution in [0.1, 0.15) is 30.6 Å². The molecule has 0 unspecified atom stereocenters. The van der Waals surface area contributed by atoms with Gasteiger partial charge in [0.1, 0.15) is 18.1 Å². The second-order valence-corrected chi connectivity index (χ2v) is 5.01. The molecule has 19 heavy (non-hydrogen) atoms. The third-order valence-corrected chi connectivity index (χ3v) is 2.95. The van der Waals surface area contributed by atoms with Crippen molar-refractivity contribution < 1.29 is 19.0 Å². The van der Waals surface area contributed by atoms with Crippen LogP contribution < -0.4 is 9.47 Å².